The summed E-state index contributed by atoms with van der Waals surface area (Å²) in [7, 11) is 1.34. The highest BCUT2D eigenvalue weighted by Crippen LogP contribution is 2.33. The number of benzene rings is 2. The standard InChI is InChI=1S/C27H22ClF2N3O5/c1-14-7-17(38-32-14)11-23(24(34)9-15-3-5-18(27(31)36)22(30)8-15)33-13-25(37-2)20(12-26(33)35)19-10-16(28)4-6-21(19)29/h3-8,10,12-13,23H,9,11H2,1-2H3,(H2,31,36). The number of carbonyl (C=O) groups is 2. The molecule has 4 rings (SSSR count). The summed E-state index contributed by atoms with van der Waals surface area (Å²) in [6.07, 6.45) is 0.989. The lowest BCUT2D eigenvalue weighted by Gasteiger charge is -2.20. The summed E-state index contributed by atoms with van der Waals surface area (Å²) >= 11 is 6.03. The van der Waals surface area contributed by atoms with E-state index in [2.05, 4.69) is 5.16 Å². The summed E-state index contributed by atoms with van der Waals surface area (Å²) in [5.74, 6) is -2.42. The second kappa shape index (κ2) is 11.0. The fraction of sp³-hybridized carbons (Fsp3) is 0.185. The number of carbonyl (C=O) groups excluding carboxylic acids is 2. The van der Waals surface area contributed by atoms with Crippen molar-refractivity contribution in [2.75, 3.05) is 7.11 Å². The summed E-state index contributed by atoms with van der Waals surface area (Å²) in [6.45, 7) is 1.70. The maximum atomic E-state index is 14.6. The van der Waals surface area contributed by atoms with Gasteiger partial charge in [-0.15, -0.1) is 0 Å². The van der Waals surface area contributed by atoms with Gasteiger partial charge in [0, 0.05) is 41.1 Å². The maximum absolute atomic E-state index is 14.6. The molecular weight excluding hydrogens is 520 g/mol. The van der Waals surface area contributed by atoms with E-state index in [1.54, 1.807) is 13.0 Å². The van der Waals surface area contributed by atoms with Crippen LogP contribution in [0.15, 0.2) is 64.0 Å². The molecule has 0 aliphatic carbocycles. The van der Waals surface area contributed by atoms with E-state index in [0.29, 0.717) is 11.5 Å². The molecule has 0 bridgehead atoms. The molecule has 2 heterocycles. The van der Waals surface area contributed by atoms with Gasteiger partial charge in [-0.3, -0.25) is 14.4 Å². The molecule has 1 amide bonds. The Balaban J connectivity index is 1.77. The van der Waals surface area contributed by atoms with Gasteiger partial charge in [0.05, 0.1) is 24.6 Å². The van der Waals surface area contributed by atoms with Crippen molar-refractivity contribution in [2.24, 2.45) is 5.73 Å². The number of ether oxygens (including phenoxy) is 1. The van der Waals surface area contributed by atoms with Crippen molar-refractivity contribution in [3.8, 4) is 16.9 Å². The molecule has 0 aliphatic rings. The molecule has 0 saturated carbocycles. The number of rotatable bonds is 9. The molecule has 2 aromatic carbocycles. The van der Waals surface area contributed by atoms with Crippen LogP contribution in [0.3, 0.4) is 0 Å². The van der Waals surface area contributed by atoms with E-state index < -0.39 is 34.9 Å². The zero-order chi connectivity index (χ0) is 27.6. The number of Topliss-reactive ketones (excluding diaryl/α,β-unsaturated/α-hetero) is 1. The normalized spacial score (nSPS) is 11.8. The topological polar surface area (TPSA) is 117 Å². The number of halogens is 3. The Morgan fingerprint density at radius 3 is 2.50 bits per heavy atom. The van der Waals surface area contributed by atoms with Gasteiger partial charge in [-0.25, -0.2) is 8.78 Å². The predicted molar refractivity (Wildman–Crippen MR) is 135 cm³/mol. The average Bonchev–Trinajstić information content (AvgIpc) is 3.28. The van der Waals surface area contributed by atoms with Crippen LogP contribution in [0.2, 0.25) is 5.02 Å². The second-order valence-electron chi connectivity index (χ2n) is 8.60. The molecule has 0 saturated heterocycles. The van der Waals surface area contributed by atoms with Crippen LogP contribution in [0.4, 0.5) is 8.78 Å². The van der Waals surface area contributed by atoms with Crippen LogP contribution in [-0.2, 0) is 17.6 Å². The second-order valence-corrected chi connectivity index (χ2v) is 9.04. The lowest BCUT2D eigenvalue weighted by atomic mass is 9.98. The Hall–Kier alpha value is -4.31. The van der Waals surface area contributed by atoms with Crippen molar-refractivity contribution in [1.82, 2.24) is 9.72 Å². The molecule has 0 aliphatic heterocycles. The van der Waals surface area contributed by atoms with Crippen molar-refractivity contribution >= 4 is 23.3 Å². The van der Waals surface area contributed by atoms with Crippen molar-refractivity contribution in [2.45, 2.75) is 25.8 Å². The van der Waals surface area contributed by atoms with Gasteiger partial charge in [-0.05, 0) is 42.8 Å². The van der Waals surface area contributed by atoms with E-state index in [1.807, 2.05) is 0 Å². The first-order valence-corrected chi connectivity index (χ1v) is 11.7. The zero-order valence-corrected chi connectivity index (χ0v) is 21.1. The number of aromatic nitrogens is 2. The van der Waals surface area contributed by atoms with Crippen molar-refractivity contribution in [3.63, 3.8) is 0 Å². The van der Waals surface area contributed by atoms with Gasteiger partial charge >= 0.3 is 0 Å². The van der Waals surface area contributed by atoms with Crippen LogP contribution in [-0.4, -0.2) is 28.5 Å². The Labute approximate surface area is 220 Å². The number of primary amides is 1. The number of nitrogens with zero attached hydrogens (tertiary/aromatic N) is 2. The van der Waals surface area contributed by atoms with Crippen molar-refractivity contribution < 1.29 is 27.6 Å². The SMILES string of the molecule is COc1cn(C(Cc2cc(C)no2)C(=O)Cc2ccc(C(N)=O)c(F)c2)c(=O)cc1-c1cc(Cl)ccc1F. The molecule has 1 unspecified atom stereocenters. The van der Waals surface area contributed by atoms with Crippen LogP contribution in [0.25, 0.3) is 11.1 Å². The van der Waals surface area contributed by atoms with Crippen LogP contribution in [0.1, 0.15) is 33.4 Å². The summed E-state index contributed by atoms with van der Waals surface area (Å²) < 4.78 is 40.7. The first-order valence-electron chi connectivity index (χ1n) is 11.4. The van der Waals surface area contributed by atoms with E-state index in [1.165, 1.54) is 43.6 Å². The number of ketones is 1. The molecule has 0 spiro atoms. The van der Waals surface area contributed by atoms with E-state index in [-0.39, 0.29) is 45.9 Å². The number of methoxy groups -OCH3 is 1. The van der Waals surface area contributed by atoms with Gasteiger partial charge < -0.3 is 19.6 Å². The van der Waals surface area contributed by atoms with Crippen LogP contribution in [0.5, 0.6) is 5.75 Å². The summed E-state index contributed by atoms with van der Waals surface area (Å²) in [6, 6.07) is 9.22. The molecule has 2 aromatic heterocycles. The highest BCUT2D eigenvalue weighted by molar-refractivity contribution is 6.30. The maximum Gasteiger partial charge on any atom is 0.252 e. The fourth-order valence-corrected chi connectivity index (χ4v) is 4.28. The third-order valence-electron chi connectivity index (χ3n) is 5.94. The molecule has 0 fully saturated rings. The number of nitrogens with two attached hydrogens (primary N) is 1. The molecule has 8 nitrogen and oxygen atoms in total. The Kier molecular flexibility index (Phi) is 7.72. The smallest absolute Gasteiger partial charge is 0.252 e. The summed E-state index contributed by atoms with van der Waals surface area (Å²) in [5, 5.41) is 4.09. The fourth-order valence-electron chi connectivity index (χ4n) is 4.11. The van der Waals surface area contributed by atoms with E-state index in [9.17, 15) is 23.2 Å². The highest BCUT2D eigenvalue weighted by Gasteiger charge is 2.26. The number of aryl methyl sites for hydroxylation is 1. The lowest BCUT2D eigenvalue weighted by Crippen LogP contribution is -2.32. The van der Waals surface area contributed by atoms with Gasteiger partial charge in [0.25, 0.3) is 11.5 Å². The third-order valence-corrected chi connectivity index (χ3v) is 6.17. The Morgan fingerprint density at radius 1 is 1.11 bits per heavy atom. The molecule has 0 radical (unpaired) electrons. The quantitative estimate of drug-likeness (QED) is 0.334. The van der Waals surface area contributed by atoms with Crippen molar-refractivity contribution in [1.29, 1.82) is 0 Å². The van der Waals surface area contributed by atoms with E-state index in [0.717, 1.165) is 16.7 Å². The number of hydrogen-bond donors (Lipinski definition) is 1. The zero-order valence-electron chi connectivity index (χ0n) is 20.3. The Morgan fingerprint density at radius 2 is 1.87 bits per heavy atom. The van der Waals surface area contributed by atoms with Gasteiger partial charge in [0.2, 0.25) is 0 Å². The molecule has 38 heavy (non-hydrogen) atoms. The minimum absolute atomic E-state index is 0.0462. The first kappa shape index (κ1) is 26.7. The van der Waals surface area contributed by atoms with Gasteiger partial charge in [-0.2, -0.15) is 0 Å². The number of hydrogen-bond acceptors (Lipinski definition) is 6. The minimum atomic E-state index is -1.11. The molecule has 11 heteroatoms. The predicted octanol–water partition coefficient (Wildman–Crippen LogP) is 4.45. The average molecular weight is 542 g/mol. The molecule has 1 atom stereocenters. The molecule has 196 valence electrons. The molecule has 4 aromatic rings. The van der Waals surface area contributed by atoms with Gasteiger partial charge in [0.1, 0.15) is 29.2 Å². The van der Waals surface area contributed by atoms with Crippen LogP contribution >= 0.6 is 11.6 Å². The van der Waals surface area contributed by atoms with Gasteiger partial charge in [0.15, 0.2) is 5.78 Å². The van der Waals surface area contributed by atoms with Gasteiger partial charge in [-0.1, -0.05) is 22.8 Å². The van der Waals surface area contributed by atoms with Crippen LogP contribution in [0, 0.1) is 18.6 Å². The Bertz CT molecular complexity index is 1600. The number of pyridine rings is 1. The number of amides is 1. The summed E-state index contributed by atoms with van der Waals surface area (Å²) in [4.78, 5) is 38.1. The highest BCUT2D eigenvalue weighted by atomic mass is 35.5. The first-order chi connectivity index (χ1) is 18.1. The minimum Gasteiger partial charge on any atom is -0.495 e. The van der Waals surface area contributed by atoms with Crippen LogP contribution < -0.4 is 16.0 Å². The molecular formula is C27H22ClF2N3O5. The van der Waals surface area contributed by atoms with Crippen molar-refractivity contribution in [3.05, 3.63) is 104 Å². The van der Waals surface area contributed by atoms with E-state index >= 15 is 0 Å². The monoisotopic (exact) mass is 541 g/mol. The largest absolute Gasteiger partial charge is 0.495 e. The summed E-state index contributed by atoms with van der Waals surface area (Å²) in [5.41, 5.74) is 5.28. The van der Waals surface area contributed by atoms with E-state index in [4.69, 9.17) is 26.6 Å². The third kappa shape index (κ3) is 5.65. The molecule has 2 N–H and O–H groups in total. The lowest BCUT2D eigenvalue weighted by molar-refractivity contribution is -0.121.